The zero-order chi connectivity index (χ0) is 22.5. The van der Waals surface area contributed by atoms with Crippen LogP contribution >= 0.6 is 23.2 Å². The predicted molar refractivity (Wildman–Crippen MR) is 117 cm³/mol. The van der Waals surface area contributed by atoms with Crippen LogP contribution in [0.15, 0.2) is 53.4 Å². The maximum absolute atomic E-state index is 13.0. The monoisotopic (exact) mass is 471 g/mol. The number of amides is 2. The number of rotatable bonds is 8. The average Bonchev–Trinajstić information content (AvgIpc) is 2.71. The Labute approximate surface area is 186 Å². The SMILES string of the molecule is CNC(=O)[C@@H](C)N(Cc1cccc(Cl)c1)C(=O)CN(C)S(=O)(=O)c1ccc(Cl)cc1. The fourth-order valence-electron chi connectivity index (χ4n) is 2.78. The number of hydrogen-bond acceptors (Lipinski definition) is 4. The van der Waals surface area contributed by atoms with Crippen molar-refractivity contribution in [3.63, 3.8) is 0 Å². The molecule has 7 nitrogen and oxygen atoms in total. The summed E-state index contributed by atoms with van der Waals surface area (Å²) in [4.78, 5) is 26.5. The Morgan fingerprint density at radius 2 is 1.70 bits per heavy atom. The lowest BCUT2D eigenvalue weighted by Gasteiger charge is -2.30. The molecule has 0 heterocycles. The number of likely N-dealkylation sites (N-methyl/N-ethyl adjacent to an activating group) is 2. The summed E-state index contributed by atoms with van der Waals surface area (Å²) in [7, 11) is -1.13. The number of benzene rings is 2. The number of hydrogen-bond donors (Lipinski definition) is 1. The molecule has 0 saturated heterocycles. The van der Waals surface area contributed by atoms with Crippen molar-refractivity contribution in [2.45, 2.75) is 24.4 Å². The predicted octanol–water partition coefficient (Wildman–Crippen LogP) is 2.78. The minimum atomic E-state index is -3.91. The van der Waals surface area contributed by atoms with Crippen LogP contribution in [-0.2, 0) is 26.2 Å². The summed E-state index contributed by atoms with van der Waals surface area (Å²) in [5, 5.41) is 3.41. The second kappa shape index (κ2) is 10.3. The number of nitrogens with one attached hydrogen (secondary N) is 1. The van der Waals surface area contributed by atoms with Crippen LogP contribution < -0.4 is 5.32 Å². The van der Waals surface area contributed by atoms with E-state index in [1.54, 1.807) is 31.2 Å². The van der Waals surface area contributed by atoms with E-state index in [-0.39, 0.29) is 17.3 Å². The van der Waals surface area contributed by atoms with Crippen LogP contribution in [0.5, 0.6) is 0 Å². The molecule has 10 heteroatoms. The van der Waals surface area contributed by atoms with Gasteiger partial charge >= 0.3 is 0 Å². The summed E-state index contributed by atoms with van der Waals surface area (Å²) in [6, 6.07) is 11.8. The van der Waals surface area contributed by atoms with E-state index < -0.39 is 28.5 Å². The van der Waals surface area contributed by atoms with Gasteiger partial charge in [-0.15, -0.1) is 0 Å². The molecule has 0 aliphatic rings. The summed E-state index contributed by atoms with van der Waals surface area (Å²) in [5.41, 5.74) is 0.717. The van der Waals surface area contributed by atoms with Gasteiger partial charge in [0.05, 0.1) is 11.4 Å². The topological polar surface area (TPSA) is 86.8 Å². The number of carbonyl (C=O) groups excluding carboxylic acids is 2. The summed E-state index contributed by atoms with van der Waals surface area (Å²) in [6.07, 6.45) is 0. The van der Waals surface area contributed by atoms with Crippen LogP contribution in [0.4, 0.5) is 0 Å². The fourth-order valence-corrected chi connectivity index (χ4v) is 4.24. The van der Waals surface area contributed by atoms with E-state index >= 15 is 0 Å². The molecule has 2 aromatic carbocycles. The molecule has 0 spiro atoms. The first kappa shape index (κ1) is 24.1. The molecule has 2 rings (SSSR count). The van der Waals surface area contributed by atoms with Gasteiger partial charge in [0.15, 0.2) is 0 Å². The van der Waals surface area contributed by atoms with Crippen molar-refractivity contribution in [1.29, 1.82) is 0 Å². The second-order valence-electron chi connectivity index (χ2n) is 6.66. The van der Waals surface area contributed by atoms with Gasteiger partial charge in [0.1, 0.15) is 6.04 Å². The van der Waals surface area contributed by atoms with Crippen LogP contribution in [0.2, 0.25) is 10.0 Å². The Balaban J connectivity index is 2.26. The van der Waals surface area contributed by atoms with Gasteiger partial charge in [0.2, 0.25) is 21.8 Å². The van der Waals surface area contributed by atoms with E-state index in [9.17, 15) is 18.0 Å². The maximum Gasteiger partial charge on any atom is 0.243 e. The van der Waals surface area contributed by atoms with Crippen molar-refractivity contribution < 1.29 is 18.0 Å². The summed E-state index contributed by atoms with van der Waals surface area (Å²) >= 11 is 11.8. The van der Waals surface area contributed by atoms with Crippen LogP contribution in [0.25, 0.3) is 0 Å². The first-order valence-corrected chi connectivity index (χ1v) is 11.2. The van der Waals surface area contributed by atoms with Crippen molar-refractivity contribution in [3.05, 3.63) is 64.1 Å². The highest BCUT2D eigenvalue weighted by molar-refractivity contribution is 7.89. The lowest BCUT2D eigenvalue weighted by Crippen LogP contribution is -2.50. The molecule has 0 aliphatic carbocycles. The van der Waals surface area contributed by atoms with E-state index in [2.05, 4.69) is 5.32 Å². The number of halogens is 2. The van der Waals surface area contributed by atoms with Gasteiger partial charge in [0.25, 0.3) is 0 Å². The number of nitrogens with zero attached hydrogens (tertiary/aromatic N) is 2. The van der Waals surface area contributed by atoms with Crippen molar-refractivity contribution >= 4 is 45.0 Å². The van der Waals surface area contributed by atoms with Gasteiger partial charge in [-0.05, 0) is 48.9 Å². The van der Waals surface area contributed by atoms with Gasteiger partial charge in [-0.2, -0.15) is 4.31 Å². The molecule has 0 aliphatic heterocycles. The number of sulfonamides is 1. The minimum Gasteiger partial charge on any atom is -0.357 e. The quantitative estimate of drug-likeness (QED) is 0.640. The highest BCUT2D eigenvalue weighted by atomic mass is 35.5. The normalized spacial score (nSPS) is 12.5. The van der Waals surface area contributed by atoms with E-state index in [1.165, 1.54) is 43.3 Å². The van der Waals surface area contributed by atoms with Crippen molar-refractivity contribution in [2.24, 2.45) is 0 Å². The lowest BCUT2D eigenvalue weighted by atomic mass is 10.1. The third-order valence-electron chi connectivity index (χ3n) is 4.54. The zero-order valence-electron chi connectivity index (χ0n) is 16.8. The molecule has 1 atom stereocenters. The molecular weight excluding hydrogens is 449 g/mol. The van der Waals surface area contributed by atoms with Crippen LogP contribution in [-0.4, -0.2) is 56.1 Å². The van der Waals surface area contributed by atoms with Crippen LogP contribution in [0, 0.1) is 0 Å². The molecule has 0 radical (unpaired) electrons. The largest absolute Gasteiger partial charge is 0.357 e. The Hall–Kier alpha value is -2.13. The molecule has 30 heavy (non-hydrogen) atoms. The fraction of sp³-hybridized carbons (Fsp3) is 0.300. The summed E-state index contributed by atoms with van der Waals surface area (Å²) in [6.45, 7) is 1.24. The van der Waals surface area contributed by atoms with Gasteiger partial charge in [0, 0.05) is 30.7 Å². The Morgan fingerprint density at radius 1 is 1.07 bits per heavy atom. The smallest absolute Gasteiger partial charge is 0.243 e. The van der Waals surface area contributed by atoms with E-state index in [0.717, 1.165) is 9.87 Å². The van der Waals surface area contributed by atoms with Crippen molar-refractivity contribution in [3.8, 4) is 0 Å². The van der Waals surface area contributed by atoms with E-state index in [0.29, 0.717) is 10.0 Å². The van der Waals surface area contributed by atoms with Crippen LogP contribution in [0.3, 0.4) is 0 Å². The average molecular weight is 472 g/mol. The molecule has 0 bridgehead atoms. The Kier molecular flexibility index (Phi) is 8.25. The molecule has 0 aromatic heterocycles. The first-order chi connectivity index (χ1) is 14.1. The molecule has 0 unspecified atom stereocenters. The standard InChI is InChI=1S/C20H23Cl2N3O4S/c1-14(20(27)23-2)25(12-15-5-4-6-17(22)11-15)19(26)13-24(3)30(28,29)18-9-7-16(21)8-10-18/h4-11,14H,12-13H2,1-3H3,(H,23,27)/t14-/m1/s1. The number of carbonyl (C=O) groups is 2. The molecule has 0 saturated carbocycles. The Morgan fingerprint density at radius 3 is 2.27 bits per heavy atom. The van der Waals surface area contributed by atoms with Crippen LogP contribution in [0.1, 0.15) is 12.5 Å². The van der Waals surface area contributed by atoms with Gasteiger partial charge in [-0.1, -0.05) is 35.3 Å². The highest BCUT2D eigenvalue weighted by Gasteiger charge is 2.29. The molecular formula is C20H23Cl2N3O4S. The Bertz CT molecular complexity index is 1010. The maximum atomic E-state index is 13.0. The lowest BCUT2D eigenvalue weighted by molar-refractivity contribution is -0.140. The summed E-state index contributed by atoms with van der Waals surface area (Å²) in [5.74, 6) is -0.889. The van der Waals surface area contributed by atoms with Gasteiger partial charge in [-0.3, -0.25) is 9.59 Å². The molecule has 2 aromatic rings. The molecule has 162 valence electrons. The first-order valence-electron chi connectivity index (χ1n) is 9.03. The molecule has 1 N–H and O–H groups in total. The zero-order valence-corrected chi connectivity index (χ0v) is 19.1. The minimum absolute atomic E-state index is 0.0166. The highest BCUT2D eigenvalue weighted by Crippen LogP contribution is 2.19. The third kappa shape index (κ3) is 5.95. The van der Waals surface area contributed by atoms with Crippen molar-refractivity contribution in [2.75, 3.05) is 20.6 Å². The second-order valence-corrected chi connectivity index (χ2v) is 9.57. The van der Waals surface area contributed by atoms with Gasteiger partial charge in [-0.25, -0.2) is 8.42 Å². The summed E-state index contributed by atoms with van der Waals surface area (Å²) < 4.78 is 26.5. The molecule has 0 fully saturated rings. The van der Waals surface area contributed by atoms with Crippen molar-refractivity contribution in [1.82, 2.24) is 14.5 Å². The van der Waals surface area contributed by atoms with E-state index in [4.69, 9.17) is 23.2 Å². The van der Waals surface area contributed by atoms with E-state index in [1.807, 2.05) is 0 Å². The third-order valence-corrected chi connectivity index (χ3v) is 6.84. The van der Waals surface area contributed by atoms with Gasteiger partial charge < -0.3 is 10.2 Å². The molecule has 2 amide bonds.